The van der Waals surface area contributed by atoms with Gasteiger partial charge in [-0.2, -0.15) is 0 Å². The van der Waals surface area contributed by atoms with Crippen LogP contribution in [0.5, 0.6) is 0 Å². The maximum atomic E-state index is 11.4. The van der Waals surface area contributed by atoms with Gasteiger partial charge >= 0.3 is 0 Å². The van der Waals surface area contributed by atoms with Gasteiger partial charge in [0.1, 0.15) is 23.1 Å². The molecule has 1 aromatic rings. The van der Waals surface area contributed by atoms with Crippen LogP contribution in [0.1, 0.15) is 205 Å². The number of Topliss-reactive ketones (excluding diaryl/α,β-unsaturated/α-hetero) is 4. The van der Waals surface area contributed by atoms with Gasteiger partial charge in [0.2, 0.25) is 0 Å². The van der Waals surface area contributed by atoms with Crippen LogP contribution in [0.2, 0.25) is 0 Å². The minimum atomic E-state index is -0.594. The summed E-state index contributed by atoms with van der Waals surface area (Å²) in [6, 6.07) is 6.56. The molecule has 5 saturated carbocycles. The number of hydrogen-bond acceptors (Lipinski definition) is 6. The summed E-state index contributed by atoms with van der Waals surface area (Å²) >= 11 is 0. The summed E-state index contributed by atoms with van der Waals surface area (Å²) in [6.45, 7) is 29.4. The van der Waals surface area contributed by atoms with E-state index in [2.05, 4.69) is 78.1 Å². The Morgan fingerprint density at radius 2 is 0.661 bits per heavy atom. The van der Waals surface area contributed by atoms with E-state index in [1.54, 1.807) is 0 Å². The monoisotopic (exact) mass is 985 g/mol. The number of nitrogens with two attached hydrogens (primary N) is 2. The summed E-state index contributed by atoms with van der Waals surface area (Å²) in [5, 5.41) is 0. The summed E-state index contributed by atoms with van der Waals surface area (Å²) in [7, 11) is 3.00. The zero-order valence-corrected chi connectivity index (χ0v) is 46.4. The molecular formula is C51H102N2O4Y2. The molecule has 0 aromatic heterocycles. The molecule has 4 N–H and O–H groups in total. The number of benzene rings is 1. The summed E-state index contributed by atoms with van der Waals surface area (Å²) in [5.74, 6) is 0.831. The average Bonchev–Trinajstić information content (AvgIpc) is 3.26. The maximum Gasteiger partial charge on any atom is 0.134 e. The first-order chi connectivity index (χ1) is 26.1. The van der Waals surface area contributed by atoms with E-state index < -0.39 is 23.7 Å². The fraction of sp³-hybridized carbons (Fsp3) is 0.804. The Balaban J connectivity index is -0.0000000888. The van der Waals surface area contributed by atoms with Crippen molar-refractivity contribution in [3.63, 3.8) is 0 Å². The van der Waals surface area contributed by atoms with E-state index in [0.29, 0.717) is 0 Å². The number of rotatable bonds is 5. The number of carbonyl (C=O) groups excluding carboxylic acids is 4. The van der Waals surface area contributed by atoms with Gasteiger partial charge in [0.05, 0.1) is 0 Å². The van der Waals surface area contributed by atoms with Crippen LogP contribution in [0, 0.1) is 68.1 Å². The van der Waals surface area contributed by atoms with Crippen LogP contribution in [0.4, 0.5) is 0 Å². The molecule has 5 aliphatic rings. The molecule has 1 aromatic carbocycles. The van der Waals surface area contributed by atoms with Crippen molar-refractivity contribution in [1.29, 1.82) is 0 Å². The Hall–Kier alpha value is 0.0278. The largest absolute Gasteiger partial charge is 0.333 e. The molecule has 4 atom stereocenters. The first kappa shape index (κ1) is 76.3. The fourth-order valence-corrected chi connectivity index (χ4v) is 7.41. The third-order valence-electron chi connectivity index (χ3n) is 11.3. The molecule has 2 radical (unpaired) electrons. The van der Waals surface area contributed by atoms with Crippen molar-refractivity contribution in [2.45, 2.75) is 209 Å². The van der Waals surface area contributed by atoms with Crippen molar-refractivity contribution in [2.75, 3.05) is 14.1 Å². The van der Waals surface area contributed by atoms with E-state index in [-0.39, 0.29) is 103 Å². The molecule has 4 unspecified atom stereocenters. The van der Waals surface area contributed by atoms with Crippen LogP contribution in [0.25, 0.3) is 0 Å². The Kier molecular flexibility index (Phi) is 63.5. The molecule has 0 amide bonds. The average molecular weight is 985 g/mol. The zero-order chi connectivity index (χ0) is 43.7. The van der Waals surface area contributed by atoms with E-state index in [1.165, 1.54) is 148 Å². The minimum Gasteiger partial charge on any atom is -0.333 e. The predicted molar refractivity (Wildman–Crippen MR) is 255 cm³/mol. The molecule has 0 bridgehead atoms. The van der Waals surface area contributed by atoms with E-state index in [0.717, 1.165) is 23.7 Å². The van der Waals surface area contributed by atoms with Crippen molar-refractivity contribution in [3.8, 4) is 0 Å². The molecule has 0 spiro atoms. The summed E-state index contributed by atoms with van der Waals surface area (Å²) in [5.41, 5.74) is 13.1. The van der Waals surface area contributed by atoms with E-state index in [1.807, 2.05) is 27.7 Å². The molecule has 0 aliphatic heterocycles. The molecule has 6 rings (SSSR count). The van der Waals surface area contributed by atoms with Crippen LogP contribution in [0.3, 0.4) is 0 Å². The molecule has 346 valence electrons. The third kappa shape index (κ3) is 33.2. The summed E-state index contributed by atoms with van der Waals surface area (Å²) in [4.78, 5) is 45.6. The summed E-state index contributed by atoms with van der Waals surface area (Å²) in [6.07, 6.45) is 20.8. The second kappa shape index (κ2) is 49.0. The van der Waals surface area contributed by atoms with Crippen molar-refractivity contribution in [1.82, 2.24) is 0 Å². The Morgan fingerprint density at radius 3 is 0.746 bits per heavy atom. The molecule has 6 nitrogen and oxygen atoms in total. The smallest absolute Gasteiger partial charge is 0.134 e. The van der Waals surface area contributed by atoms with Gasteiger partial charge < -0.3 is 11.5 Å². The molecular weight excluding hydrogens is 882 g/mol. The van der Waals surface area contributed by atoms with Crippen molar-refractivity contribution in [3.05, 3.63) is 34.9 Å². The van der Waals surface area contributed by atoms with Gasteiger partial charge in [0.25, 0.3) is 0 Å². The van der Waals surface area contributed by atoms with Crippen LogP contribution >= 0.6 is 0 Å². The van der Waals surface area contributed by atoms with E-state index in [4.69, 9.17) is 0 Å². The topological polar surface area (TPSA) is 120 Å². The van der Waals surface area contributed by atoms with Crippen LogP contribution in [-0.2, 0) is 84.6 Å². The molecule has 5 aliphatic carbocycles. The van der Waals surface area contributed by atoms with E-state index in [9.17, 15) is 19.2 Å². The number of hydrogen-bond donors (Lipinski definition) is 2. The quantitative estimate of drug-likeness (QED) is 0.303. The SMILES string of the molecule is C.C.C1CCC1.C1CCC1.C1CCC1.CC.CC.CC(=O)C1C(C(C)=O)C(C(C)=O)C1C(C)=O.CCC1C(C)CC(C)C1C.CN.CN.Cc1cc(C)cc(C)c1.[Y].[Y]. The number of ketones is 4. The first-order valence-corrected chi connectivity index (χ1v) is 22.4. The molecule has 0 heterocycles. The first-order valence-electron chi connectivity index (χ1n) is 22.4. The minimum absolute atomic E-state index is 0. The van der Waals surface area contributed by atoms with Gasteiger partial charge in [-0.15, -0.1) is 0 Å². The zero-order valence-electron chi connectivity index (χ0n) is 40.7. The summed E-state index contributed by atoms with van der Waals surface area (Å²) < 4.78 is 0. The Bertz CT molecular complexity index is 956. The Morgan fingerprint density at radius 1 is 0.475 bits per heavy atom. The molecule has 8 heteroatoms. The van der Waals surface area contributed by atoms with Gasteiger partial charge in [-0.05, 0) is 92.7 Å². The van der Waals surface area contributed by atoms with Gasteiger partial charge in [0, 0.05) is 89.1 Å². The van der Waals surface area contributed by atoms with Crippen LogP contribution in [-0.4, -0.2) is 37.2 Å². The Labute approximate surface area is 420 Å². The predicted octanol–water partition coefficient (Wildman–Crippen LogP) is 13.9. The third-order valence-corrected chi connectivity index (χ3v) is 11.3. The normalized spacial score (nSPS) is 23.8. The van der Waals surface area contributed by atoms with Crippen molar-refractivity contribution >= 4 is 23.1 Å². The standard InChI is InChI=1S/C12H16O4.C10H20.C9H12.3C4H8.2C2H6.2CH5N.2CH4.2Y/c1-5(13)9-10(6(2)14)12(8(4)16)11(9)7(3)15;1-5-10-8(3)6-7(2)9(10)4;1-7-4-8(2)6-9(3)5-7;3*1-2-4-3-1;4*1-2;;;;/h9-12H,1-4H3;7-10H,5-6H2,1-4H3;4-6H,1-3H3;3*1-4H2;2*1-2H3;2*2H2,1H3;2*1H4;;. The molecule has 0 saturated heterocycles. The van der Waals surface area contributed by atoms with Gasteiger partial charge in [-0.25, -0.2) is 0 Å². The fourth-order valence-electron chi connectivity index (χ4n) is 7.41. The van der Waals surface area contributed by atoms with Gasteiger partial charge in [0.15, 0.2) is 0 Å². The molecule has 5 fully saturated rings. The second-order valence-electron chi connectivity index (χ2n) is 15.6. The van der Waals surface area contributed by atoms with Gasteiger partial charge in [-0.1, -0.05) is 189 Å². The van der Waals surface area contributed by atoms with Crippen LogP contribution in [0.15, 0.2) is 18.2 Å². The molecule has 59 heavy (non-hydrogen) atoms. The maximum absolute atomic E-state index is 11.4. The second-order valence-corrected chi connectivity index (χ2v) is 15.6. The number of carbonyl (C=O) groups is 4. The van der Waals surface area contributed by atoms with Crippen molar-refractivity contribution in [2.24, 2.45) is 58.8 Å². The number of aryl methyl sites for hydroxylation is 3. The van der Waals surface area contributed by atoms with Crippen LogP contribution < -0.4 is 11.5 Å². The van der Waals surface area contributed by atoms with E-state index >= 15 is 0 Å². The van der Waals surface area contributed by atoms with Crippen molar-refractivity contribution < 1.29 is 84.6 Å². The van der Waals surface area contributed by atoms with Gasteiger partial charge in [-0.3, -0.25) is 19.2 Å².